The summed E-state index contributed by atoms with van der Waals surface area (Å²) in [4.78, 5) is 13.5. The van der Waals surface area contributed by atoms with Crippen molar-refractivity contribution < 1.29 is 13.9 Å². The van der Waals surface area contributed by atoms with Crippen LogP contribution in [-0.4, -0.2) is 41.9 Å². The van der Waals surface area contributed by atoms with Crippen LogP contribution in [0.5, 0.6) is 0 Å². The van der Waals surface area contributed by atoms with E-state index in [0.717, 1.165) is 5.56 Å². The molecule has 128 valence electrons. The lowest BCUT2D eigenvalue weighted by Crippen LogP contribution is -2.53. The number of carbonyl (C=O) groups excluding carboxylic acids is 1. The van der Waals surface area contributed by atoms with Gasteiger partial charge in [0.1, 0.15) is 11.8 Å². The number of benzene rings is 1. The monoisotopic (exact) mass is 322 g/mol. The highest BCUT2D eigenvalue weighted by Gasteiger charge is 2.34. The molecule has 1 amide bonds. The van der Waals surface area contributed by atoms with E-state index < -0.39 is 17.9 Å². The SMILES string of the molecule is C[C@@H](N[C@H]1CCN(C(=O)OC(C)(C)C)C[C@@H]1F)c1ccccc1. The minimum Gasteiger partial charge on any atom is -0.444 e. The smallest absolute Gasteiger partial charge is 0.410 e. The van der Waals surface area contributed by atoms with Gasteiger partial charge in [-0.1, -0.05) is 30.3 Å². The lowest BCUT2D eigenvalue weighted by Gasteiger charge is -2.37. The topological polar surface area (TPSA) is 41.6 Å². The molecule has 1 aliphatic rings. The molecule has 1 aromatic rings. The van der Waals surface area contributed by atoms with Crippen molar-refractivity contribution in [1.82, 2.24) is 10.2 Å². The van der Waals surface area contributed by atoms with Crippen LogP contribution in [0.4, 0.5) is 9.18 Å². The summed E-state index contributed by atoms with van der Waals surface area (Å²) in [6.07, 6.45) is -0.949. The number of piperidine rings is 1. The van der Waals surface area contributed by atoms with Crippen LogP contribution in [0.1, 0.15) is 45.7 Å². The summed E-state index contributed by atoms with van der Waals surface area (Å²) in [5, 5.41) is 3.34. The molecule has 1 fully saturated rings. The highest BCUT2D eigenvalue weighted by atomic mass is 19.1. The van der Waals surface area contributed by atoms with E-state index in [9.17, 15) is 9.18 Å². The number of rotatable bonds is 3. The van der Waals surface area contributed by atoms with Gasteiger partial charge in [0.25, 0.3) is 0 Å². The fourth-order valence-corrected chi connectivity index (χ4v) is 2.74. The summed E-state index contributed by atoms with van der Waals surface area (Å²) in [5.41, 5.74) is 0.578. The lowest BCUT2D eigenvalue weighted by atomic mass is 10.0. The summed E-state index contributed by atoms with van der Waals surface area (Å²) < 4.78 is 19.8. The van der Waals surface area contributed by atoms with Crippen molar-refractivity contribution in [2.75, 3.05) is 13.1 Å². The molecular formula is C18H27FN2O2. The first-order valence-corrected chi connectivity index (χ1v) is 8.19. The van der Waals surface area contributed by atoms with Crippen LogP contribution in [0.25, 0.3) is 0 Å². The molecule has 0 aromatic heterocycles. The van der Waals surface area contributed by atoms with Crippen molar-refractivity contribution in [2.24, 2.45) is 0 Å². The Morgan fingerprint density at radius 3 is 2.57 bits per heavy atom. The zero-order valence-electron chi connectivity index (χ0n) is 14.4. The number of ether oxygens (including phenoxy) is 1. The van der Waals surface area contributed by atoms with Gasteiger partial charge in [-0.05, 0) is 39.7 Å². The van der Waals surface area contributed by atoms with Crippen molar-refractivity contribution in [3.05, 3.63) is 35.9 Å². The predicted octanol–water partition coefficient (Wildman–Crippen LogP) is 3.68. The van der Waals surface area contributed by atoms with Gasteiger partial charge in [-0.25, -0.2) is 9.18 Å². The molecule has 1 aliphatic heterocycles. The van der Waals surface area contributed by atoms with E-state index in [1.54, 1.807) is 0 Å². The quantitative estimate of drug-likeness (QED) is 0.923. The molecule has 3 atom stereocenters. The molecule has 1 aromatic carbocycles. The van der Waals surface area contributed by atoms with Crippen LogP contribution in [0.2, 0.25) is 0 Å². The van der Waals surface area contributed by atoms with Crippen molar-refractivity contribution in [3.8, 4) is 0 Å². The van der Waals surface area contributed by atoms with E-state index in [4.69, 9.17) is 4.74 Å². The van der Waals surface area contributed by atoms with Crippen LogP contribution in [0.15, 0.2) is 30.3 Å². The largest absolute Gasteiger partial charge is 0.444 e. The van der Waals surface area contributed by atoms with Crippen molar-refractivity contribution in [1.29, 1.82) is 0 Å². The van der Waals surface area contributed by atoms with Crippen LogP contribution in [-0.2, 0) is 4.74 Å². The normalized spacial score (nSPS) is 23.4. The molecule has 0 spiro atoms. The first-order chi connectivity index (χ1) is 10.8. The highest BCUT2D eigenvalue weighted by molar-refractivity contribution is 5.68. The molecule has 1 saturated heterocycles. The third-order valence-electron chi connectivity index (χ3n) is 3.96. The zero-order valence-corrected chi connectivity index (χ0v) is 14.4. The molecule has 23 heavy (non-hydrogen) atoms. The maximum Gasteiger partial charge on any atom is 0.410 e. The maximum atomic E-state index is 14.5. The second-order valence-electron chi connectivity index (χ2n) is 7.14. The number of nitrogens with one attached hydrogen (secondary N) is 1. The fourth-order valence-electron chi connectivity index (χ4n) is 2.74. The molecule has 0 bridgehead atoms. The standard InChI is InChI=1S/C18H27FN2O2/c1-13(14-8-6-5-7-9-14)20-16-10-11-21(12-15(16)19)17(22)23-18(2,3)4/h5-9,13,15-16,20H,10-12H2,1-4H3/t13-,15+,16+/m1/s1. The zero-order chi connectivity index (χ0) is 17.0. The van der Waals surface area contributed by atoms with E-state index in [2.05, 4.69) is 5.32 Å². The van der Waals surface area contributed by atoms with E-state index >= 15 is 0 Å². The number of carbonyl (C=O) groups is 1. The Kier molecular flexibility index (Phi) is 5.63. The fraction of sp³-hybridized carbons (Fsp3) is 0.611. The minimum absolute atomic E-state index is 0.0764. The van der Waals surface area contributed by atoms with Gasteiger partial charge in [-0.2, -0.15) is 0 Å². The Balaban J connectivity index is 1.88. The molecule has 0 saturated carbocycles. The van der Waals surface area contributed by atoms with Gasteiger partial charge in [0.15, 0.2) is 0 Å². The molecular weight excluding hydrogens is 295 g/mol. The Morgan fingerprint density at radius 1 is 1.35 bits per heavy atom. The Labute approximate surface area is 138 Å². The molecule has 1 heterocycles. The molecule has 0 aliphatic carbocycles. The van der Waals surface area contributed by atoms with Gasteiger partial charge >= 0.3 is 6.09 Å². The molecule has 0 radical (unpaired) electrons. The second kappa shape index (κ2) is 7.30. The molecule has 5 heteroatoms. The van der Waals surface area contributed by atoms with E-state index in [-0.39, 0.29) is 18.6 Å². The van der Waals surface area contributed by atoms with Crippen molar-refractivity contribution in [3.63, 3.8) is 0 Å². The first kappa shape index (κ1) is 17.7. The number of alkyl halides is 1. The van der Waals surface area contributed by atoms with E-state index in [1.807, 2.05) is 58.0 Å². The van der Waals surface area contributed by atoms with Crippen LogP contribution >= 0.6 is 0 Å². The van der Waals surface area contributed by atoms with Gasteiger partial charge in [-0.3, -0.25) is 0 Å². The van der Waals surface area contributed by atoms with Crippen LogP contribution in [0, 0.1) is 0 Å². The number of likely N-dealkylation sites (tertiary alicyclic amines) is 1. The average Bonchev–Trinajstić information content (AvgIpc) is 2.48. The summed E-state index contributed by atoms with van der Waals surface area (Å²) in [7, 11) is 0. The highest BCUT2D eigenvalue weighted by Crippen LogP contribution is 2.21. The Bertz CT molecular complexity index is 516. The molecule has 4 nitrogen and oxygen atoms in total. The first-order valence-electron chi connectivity index (χ1n) is 8.19. The average molecular weight is 322 g/mol. The number of hydrogen-bond donors (Lipinski definition) is 1. The third-order valence-corrected chi connectivity index (χ3v) is 3.96. The Morgan fingerprint density at radius 2 is 2.00 bits per heavy atom. The van der Waals surface area contributed by atoms with Gasteiger partial charge < -0.3 is 15.0 Å². The predicted molar refractivity (Wildman–Crippen MR) is 89.1 cm³/mol. The molecule has 0 unspecified atom stereocenters. The number of halogens is 1. The lowest BCUT2D eigenvalue weighted by molar-refractivity contribution is 0.00886. The van der Waals surface area contributed by atoms with Gasteiger partial charge in [0, 0.05) is 18.6 Å². The molecule has 1 N–H and O–H groups in total. The summed E-state index contributed by atoms with van der Waals surface area (Å²) in [5.74, 6) is 0. The number of hydrogen-bond acceptors (Lipinski definition) is 3. The summed E-state index contributed by atoms with van der Waals surface area (Å²) >= 11 is 0. The van der Waals surface area contributed by atoms with Crippen molar-refractivity contribution in [2.45, 2.75) is 58.0 Å². The van der Waals surface area contributed by atoms with Gasteiger partial charge in [0.05, 0.1) is 6.54 Å². The van der Waals surface area contributed by atoms with E-state index in [1.165, 1.54) is 4.90 Å². The van der Waals surface area contributed by atoms with Crippen molar-refractivity contribution >= 4 is 6.09 Å². The summed E-state index contributed by atoms with van der Waals surface area (Å²) in [6, 6.07) is 9.81. The second-order valence-corrected chi connectivity index (χ2v) is 7.14. The van der Waals surface area contributed by atoms with Crippen LogP contribution < -0.4 is 5.32 Å². The summed E-state index contributed by atoms with van der Waals surface area (Å²) in [6.45, 7) is 8.06. The third kappa shape index (κ3) is 5.20. The number of nitrogens with zero attached hydrogens (tertiary/aromatic N) is 1. The minimum atomic E-state index is -1.09. The number of amides is 1. The van der Waals surface area contributed by atoms with Gasteiger partial charge in [0.2, 0.25) is 0 Å². The van der Waals surface area contributed by atoms with Crippen LogP contribution in [0.3, 0.4) is 0 Å². The Hall–Kier alpha value is -1.62. The van der Waals surface area contributed by atoms with Gasteiger partial charge in [-0.15, -0.1) is 0 Å². The maximum absolute atomic E-state index is 14.5. The molecule has 2 rings (SSSR count). The van der Waals surface area contributed by atoms with E-state index in [0.29, 0.717) is 13.0 Å².